The van der Waals surface area contributed by atoms with Gasteiger partial charge in [-0.05, 0) is 45.2 Å². The topological polar surface area (TPSA) is 66.6 Å². The van der Waals surface area contributed by atoms with Crippen LogP contribution < -0.4 is 5.73 Å². The van der Waals surface area contributed by atoms with Crippen LogP contribution in [0, 0.1) is 0 Å². The van der Waals surface area contributed by atoms with Crippen LogP contribution in [0.5, 0.6) is 0 Å². The standard InChI is InChI=1S/C14H27N3O2S/c15-11-14(5-3-9-20(18,19)12-14)17-8-4-13(10-17)16-6-1-2-7-16/h13H,1-12,15H2. The Morgan fingerprint density at radius 2 is 1.90 bits per heavy atom. The third kappa shape index (κ3) is 2.75. The van der Waals surface area contributed by atoms with Crippen molar-refractivity contribution in [3.05, 3.63) is 0 Å². The van der Waals surface area contributed by atoms with Crippen LogP contribution in [-0.2, 0) is 9.84 Å². The normalized spacial score (nSPS) is 39.4. The molecule has 0 amide bonds. The fourth-order valence-electron chi connectivity index (χ4n) is 4.29. The second kappa shape index (κ2) is 5.55. The van der Waals surface area contributed by atoms with E-state index in [-0.39, 0.29) is 11.3 Å². The van der Waals surface area contributed by atoms with Gasteiger partial charge in [0.15, 0.2) is 9.84 Å². The molecular formula is C14H27N3O2S. The van der Waals surface area contributed by atoms with E-state index in [1.807, 2.05) is 0 Å². The van der Waals surface area contributed by atoms with E-state index < -0.39 is 9.84 Å². The van der Waals surface area contributed by atoms with Gasteiger partial charge in [0.25, 0.3) is 0 Å². The molecule has 3 fully saturated rings. The zero-order chi connectivity index (χ0) is 14.2. The summed E-state index contributed by atoms with van der Waals surface area (Å²) in [6.07, 6.45) is 5.50. The lowest BCUT2D eigenvalue weighted by Crippen LogP contribution is -2.60. The van der Waals surface area contributed by atoms with Crippen molar-refractivity contribution < 1.29 is 8.42 Å². The lowest BCUT2D eigenvalue weighted by Gasteiger charge is -2.43. The molecule has 0 radical (unpaired) electrons. The van der Waals surface area contributed by atoms with Crippen LogP contribution in [0.1, 0.15) is 32.1 Å². The highest BCUT2D eigenvalue weighted by atomic mass is 32.2. The molecule has 0 spiro atoms. The van der Waals surface area contributed by atoms with E-state index in [1.165, 1.54) is 32.4 Å². The molecule has 20 heavy (non-hydrogen) atoms. The molecule has 0 aromatic heterocycles. The van der Waals surface area contributed by atoms with E-state index in [0.29, 0.717) is 18.3 Å². The average molecular weight is 301 g/mol. The number of nitrogens with zero attached hydrogens (tertiary/aromatic N) is 2. The molecule has 2 unspecified atom stereocenters. The summed E-state index contributed by atoms with van der Waals surface area (Å²) in [5.41, 5.74) is 5.73. The fraction of sp³-hybridized carbons (Fsp3) is 1.00. The Hall–Kier alpha value is -0.170. The molecule has 3 saturated heterocycles. The predicted octanol–water partition coefficient (Wildman–Crippen LogP) is 0.0626. The zero-order valence-corrected chi connectivity index (χ0v) is 13.1. The van der Waals surface area contributed by atoms with Crippen molar-refractivity contribution in [2.45, 2.75) is 43.7 Å². The van der Waals surface area contributed by atoms with E-state index in [4.69, 9.17) is 5.73 Å². The fourth-order valence-corrected chi connectivity index (χ4v) is 6.28. The first-order chi connectivity index (χ1) is 9.55. The molecule has 0 aromatic carbocycles. The van der Waals surface area contributed by atoms with Crippen LogP contribution in [0.4, 0.5) is 0 Å². The number of rotatable bonds is 3. The number of likely N-dealkylation sites (tertiary alicyclic amines) is 2. The summed E-state index contributed by atoms with van der Waals surface area (Å²) >= 11 is 0. The van der Waals surface area contributed by atoms with E-state index in [9.17, 15) is 8.42 Å². The van der Waals surface area contributed by atoms with Crippen molar-refractivity contribution in [3.63, 3.8) is 0 Å². The van der Waals surface area contributed by atoms with E-state index >= 15 is 0 Å². The second-order valence-corrected chi connectivity index (χ2v) is 8.94. The first-order valence-electron chi connectivity index (χ1n) is 7.94. The molecule has 116 valence electrons. The molecular weight excluding hydrogens is 274 g/mol. The smallest absolute Gasteiger partial charge is 0.152 e. The van der Waals surface area contributed by atoms with Gasteiger partial charge in [-0.3, -0.25) is 9.80 Å². The quantitative estimate of drug-likeness (QED) is 0.798. The first-order valence-corrected chi connectivity index (χ1v) is 9.76. The van der Waals surface area contributed by atoms with Crippen molar-refractivity contribution >= 4 is 9.84 Å². The van der Waals surface area contributed by atoms with Gasteiger partial charge in [0.2, 0.25) is 0 Å². The lowest BCUT2D eigenvalue weighted by atomic mass is 9.93. The number of hydrogen-bond donors (Lipinski definition) is 1. The molecule has 0 saturated carbocycles. The number of sulfone groups is 1. The second-order valence-electron chi connectivity index (χ2n) is 6.76. The molecule has 3 aliphatic heterocycles. The van der Waals surface area contributed by atoms with Gasteiger partial charge in [-0.15, -0.1) is 0 Å². The summed E-state index contributed by atoms with van der Waals surface area (Å²) in [5.74, 6) is 0.612. The Bertz CT molecular complexity index is 447. The summed E-state index contributed by atoms with van der Waals surface area (Å²) in [5, 5.41) is 0. The SMILES string of the molecule is NCC1(N2CCC(N3CCCC3)C2)CCCS(=O)(=O)C1. The van der Waals surface area contributed by atoms with Gasteiger partial charge in [0, 0.05) is 31.2 Å². The molecule has 0 aromatic rings. The third-order valence-electron chi connectivity index (χ3n) is 5.46. The van der Waals surface area contributed by atoms with Crippen molar-refractivity contribution in [1.29, 1.82) is 0 Å². The minimum atomic E-state index is -2.91. The molecule has 3 aliphatic rings. The Kier molecular flexibility index (Phi) is 4.10. The highest BCUT2D eigenvalue weighted by molar-refractivity contribution is 7.91. The zero-order valence-electron chi connectivity index (χ0n) is 12.3. The van der Waals surface area contributed by atoms with Crippen molar-refractivity contribution in [2.75, 3.05) is 44.2 Å². The Morgan fingerprint density at radius 1 is 1.15 bits per heavy atom. The first kappa shape index (κ1) is 14.8. The summed E-state index contributed by atoms with van der Waals surface area (Å²) in [6.45, 7) is 4.92. The maximum atomic E-state index is 12.0. The maximum Gasteiger partial charge on any atom is 0.152 e. The average Bonchev–Trinajstić information content (AvgIpc) is 3.08. The Balaban J connectivity index is 1.70. The minimum Gasteiger partial charge on any atom is -0.329 e. The summed E-state index contributed by atoms with van der Waals surface area (Å²) in [6, 6.07) is 0.616. The van der Waals surface area contributed by atoms with Gasteiger partial charge >= 0.3 is 0 Å². The number of hydrogen-bond acceptors (Lipinski definition) is 5. The molecule has 5 nitrogen and oxygen atoms in total. The summed E-state index contributed by atoms with van der Waals surface area (Å²) < 4.78 is 24.1. The van der Waals surface area contributed by atoms with Gasteiger partial charge < -0.3 is 5.73 Å². The Morgan fingerprint density at radius 3 is 2.55 bits per heavy atom. The molecule has 0 bridgehead atoms. The monoisotopic (exact) mass is 301 g/mol. The van der Waals surface area contributed by atoms with Crippen molar-refractivity contribution in [1.82, 2.24) is 9.80 Å². The lowest BCUT2D eigenvalue weighted by molar-refractivity contribution is 0.116. The van der Waals surface area contributed by atoms with Gasteiger partial charge in [0.1, 0.15) is 0 Å². The molecule has 0 aliphatic carbocycles. The van der Waals surface area contributed by atoms with Crippen LogP contribution in [-0.4, -0.2) is 74.0 Å². The van der Waals surface area contributed by atoms with Crippen LogP contribution >= 0.6 is 0 Å². The van der Waals surface area contributed by atoms with E-state index in [1.54, 1.807) is 0 Å². The highest BCUT2D eigenvalue weighted by Gasteiger charge is 2.45. The molecule has 3 rings (SSSR count). The van der Waals surface area contributed by atoms with Crippen LogP contribution in [0.15, 0.2) is 0 Å². The predicted molar refractivity (Wildman–Crippen MR) is 80.5 cm³/mol. The molecule has 3 heterocycles. The molecule has 2 atom stereocenters. The van der Waals surface area contributed by atoms with Crippen LogP contribution in [0.2, 0.25) is 0 Å². The third-order valence-corrected chi connectivity index (χ3v) is 7.35. The van der Waals surface area contributed by atoms with E-state index in [0.717, 1.165) is 25.9 Å². The van der Waals surface area contributed by atoms with Crippen molar-refractivity contribution in [2.24, 2.45) is 5.73 Å². The molecule has 6 heteroatoms. The minimum absolute atomic E-state index is 0.267. The highest BCUT2D eigenvalue weighted by Crippen LogP contribution is 2.33. The van der Waals surface area contributed by atoms with Crippen molar-refractivity contribution in [3.8, 4) is 0 Å². The summed E-state index contributed by atoms with van der Waals surface area (Å²) in [4.78, 5) is 4.98. The maximum absolute atomic E-state index is 12.0. The van der Waals surface area contributed by atoms with Gasteiger partial charge in [-0.1, -0.05) is 0 Å². The summed E-state index contributed by atoms with van der Waals surface area (Å²) in [7, 11) is -2.91. The molecule has 2 N–H and O–H groups in total. The van der Waals surface area contributed by atoms with Gasteiger partial charge in [-0.25, -0.2) is 8.42 Å². The Labute approximate surface area is 122 Å². The number of nitrogens with two attached hydrogens (primary N) is 1. The van der Waals surface area contributed by atoms with Gasteiger partial charge in [-0.2, -0.15) is 0 Å². The van der Waals surface area contributed by atoms with Crippen LogP contribution in [0.25, 0.3) is 0 Å². The van der Waals surface area contributed by atoms with Gasteiger partial charge in [0.05, 0.1) is 11.5 Å². The largest absolute Gasteiger partial charge is 0.329 e. The van der Waals surface area contributed by atoms with Crippen LogP contribution in [0.3, 0.4) is 0 Å². The van der Waals surface area contributed by atoms with E-state index in [2.05, 4.69) is 9.80 Å².